The molecule has 7 heteroatoms. The minimum atomic E-state index is 0.119. The predicted octanol–water partition coefficient (Wildman–Crippen LogP) is 1.34. The minimum absolute atomic E-state index is 0.119. The van der Waals surface area contributed by atoms with E-state index in [1.165, 1.54) is 6.33 Å². The molecule has 2 rings (SSSR count). The van der Waals surface area contributed by atoms with Crippen LogP contribution in [0.5, 0.6) is 0 Å². The number of carbonyl (C=O) groups excluding carboxylic acids is 1. The first-order chi connectivity index (χ1) is 9.13. The first kappa shape index (κ1) is 14.0. The van der Waals surface area contributed by atoms with Gasteiger partial charge in [0, 0.05) is 26.7 Å². The lowest BCUT2D eigenvalue weighted by Gasteiger charge is -2.22. The summed E-state index contributed by atoms with van der Waals surface area (Å²) in [5.74, 6) is 1.65. The summed E-state index contributed by atoms with van der Waals surface area (Å²) in [5, 5.41) is 3.17. The second-order valence-corrected chi connectivity index (χ2v) is 5.27. The summed E-state index contributed by atoms with van der Waals surface area (Å²) in [4.78, 5) is 24.2. The molecule has 1 N–H and O–H groups in total. The van der Waals surface area contributed by atoms with Gasteiger partial charge in [-0.25, -0.2) is 9.97 Å². The number of nitrogens with zero attached hydrogens (tertiary/aromatic N) is 4. The number of rotatable bonds is 3. The smallest absolute Gasteiger partial charge is 0.241 e. The van der Waals surface area contributed by atoms with Gasteiger partial charge in [0.25, 0.3) is 0 Å². The Morgan fingerprint density at radius 1 is 1.42 bits per heavy atom. The highest BCUT2D eigenvalue weighted by atomic mass is 79.9. The predicted molar refractivity (Wildman–Crippen MR) is 78.4 cm³/mol. The van der Waals surface area contributed by atoms with Crippen LogP contribution < -0.4 is 10.2 Å². The van der Waals surface area contributed by atoms with Crippen LogP contribution in [-0.2, 0) is 4.79 Å². The lowest BCUT2D eigenvalue weighted by Crippen LogP contribution is -2.35. The Bertz CT molecular complexity index is 467. The Hall–Kier alpha value is -1.37. The Labute approximate surface area is 121 Å². The normalized spacial score (nSPS) is 16.5. The molecule has 0 unspecified atom stereocenters. The van der Waals surface area contributed by atoms with Crippen molar-refractivity contribution >= 4 is 33.5 Å². The van der Waals surface area contributed by atoms with Crippen molar-refractivity contribution in [3.05, 3.63) is 10.8 Å². The largest absolute Gasteiger partial charge is 0.369 e. The quantitative estimate of drug-likeness (QED) is 0.907. The van der Waals surface area contributed by atoms with Crippen molar-refractivity contribution in [1.29, 1.82) is 0 Å². The lowest BCUT2D eigenvalue weighted by molar-refractivity contribution is -0.127. The molecule has 6 nitrogen and oxygen atoms in total. The van der Waals surface area contributed by atoms with Crippen LogP contribution in [0.15, 0.2) is 10.8 Å². The molecule has 1 aliphatic rings. The summed E-state index contributed by atoms with van der Waals surface area (Å²) in [7, 11) is 1.84. The van der Waals surface area contributed by atoms with Gasteiger partial charge < -0.3 is 15.1 Å². The maximum absolute atomic E-state index is 11.9. The molecule has 19 heavy (non-hydrogen) atoms. The molecule has 0 aromatic carbocycles. The van der Waals surface area contributed by atoms with Gasteiger partial charge in [0.2, 0.25) is 5.91 Å². The molecule has 1 aliphatic heterocycles. The summed E-state index contributed by atoms with van der Waals surface area (Å²) in [6.07, 6.45) is 2.46. The zero-order chi connectivity index (χ0) is 13.8. The molecule has 0 radical (unpaired) electrons. The molecule has 1 fully saturated rings. The fourth-order valence-corrected chi connectivity index (χ4v) is 2.63. The number of anilines is 2. The standard InChI is InChI=1S/C12H18BrN5O/c1-3-14-11-10(13)12(16-8-15-11)18-6-4-5-17(2)9(19)7-18/h8H,3-7H2,1-2H3,(H,14,15,16). The van der Waals surface area contributed by atoms with Crippen molar-refractivity contribution < 1.29 is 4.79 Å². The topological polar surface area (TPSA) is 61.4 Å². The van der Waals surface area contributed by atoms with E-state index in [2.05, 4.69) is 31.2 Å². The molecule has 1 aromatic heterocycles. The summed E-state index contributed by atoms with van der Waals surface area (Å²) >= 11 is 3.52. The first-order valence-corrected chi connectivity index (χ1v) is 7.16. The van der Waals surface area contributed by atoms with Crippen LogP contribution in [0.4, 0.5) is 11.6 Å². The van der Waals surface area contributed by atoms with Crippen molar-refractivity contribution in [1.82, 2.24) is 14.9 Å². The van der Waals surface area contributed by atoms with Crippen molar-refractivity contribution in [3.63, 3.8) is 0 Å². The van der Waals surface area contributed by atoms with Gasteiger partial charge in [-0.05, 0) is 29.3 Å². The first-order valence-electron chi connectivity index (χ1n) is 6.36. The van der Waals surface area contributed by atoms with Gasteiger partial charge >= 0.3 is 0 Å². The third-order valence-electron chi connectivity index (χ3n) is 3.09. The summed E-state index contributed by atoms with van der Waals surface area (Å²) in [6, 6.07) is 0. The van der Waals surface area contributed by atoms with E-state index in [0.717, 1.165) is 42.2 Å². The second kappa shape index (κ2) is 6.18. The van der Waals surface area contributed by atoms with Gasteiger partial charge in [0.1, 0.15) is 22.4 Å². The maximum atomic E-state index is 11.9. The third-order valence-corrected chi connectivity index (χ3v) is 3.82. The van der Waals surface area contributed by atoms with Crippen LogP contribution in [0.25, 0.3) is 0 Å². The molecule has 1 saturated heterocycles. The number of aromatic nitrogens is 2. The van der Waals surface area contributed by atoms with Crippen LogP contribution in [-0.4, -0.2) is 54.0 Å². The zero-order valence-corrected chi connectivity index (χ0v) is 12.8. The molecule has 0 bridgehead atoms. The van der Waals surface area contributed by atoms with E-state index < -0.39 is 0 Å². The van der Waals surface area contributed by atoms with E-state index in [-0.39, 0.29) is 5.91 Å². The number of hydrogen-bond donors (Lipinski definition) is 1. The molecule has 0 spiro atoms. The molecule has 1 aromatic rings. The molecule has 0 saturated carbocycles. The Balaban J connectivity index is 2.25. The number of nitrogens with one attached hydrogen (secondary N) is 1. The molecule has 2 heterocycles. The van der Waals surface area contributed by atoms with Crippen molar-refractivity contribution in [2.24, 2.45) is 0 Å². The number of amides is 1. The van der Waals surface area contributed by atoms with Crippen molar-refractivity contribution in [2.75, 3.05) is 43.4 Å². The van der Waals surface area contributed by atoms with Gasteiger partial charge in [-0.15, -0.1) is 0 Å². The summed E-state index contributed by atoms with van der Waals surface area (Å²) in [5.41, 5.74) is 0. The summed E-state index contributed by atoms with van der Waals surface area (Å²) < 4.78 is 0.814. The van der Waals surface area contributed by atoms with Crippen LogP contribution in [0.2, 0.25) is 0 Å². The zero-order valence-electron chi connectivity index (χ0n) is 11.2. The van der Waals surface area contributed by atoms with Gasteiger partial charge in [-0.1, -0.05) is 0 Å². The highest BCUT2D eigenvalue weighted by molar-refractivity contribution is 9.10. The molecular weight excluding hydrogens is 310 g/mol. The van der Waals surface area contributed by atoms with E-state index in [0.29, 0.717) is 6.54 Å². The van der Waals surface area contributed by atoms with Crippen molar-refractivity contribution in [3.8, 4) is 0 Å². The van der Waals surface area contributed by atoms with Gasteiger partial charge in [-0.3, -0.25) is 4.79 Å². The van der Waals surface area contributed by atoms with Crippen LogP contribution in [0.1, 0.15) is 13.3 Å². The average molecular weight is 328 g/mol. The van der Waals surface area contributed by atoms with E-state index in [1.54, 1.807) is 4.90 Å². The molecule has 0 aliphatic carbocycles. The van der Waals surface area contributed by atoms with Crippen LogP contribution in [0, 0.1) is 0 Å². The monoisotopic (exact) mass is 327 g/mol. The highest BCUT2D eigenvalue weighted by Crippen LogP contribution is 2.29. The maximum Gasteiger partial charge on any atom is 0.241 e. The van der Waals surface area contributed by atoms with Crippen LogP contribution >= 0.6 is 15.9 Å². The van der Waals surface area contributed by atoms with E-state index in [9.17, 15) is 4.79 Å². The Morgan fingerprint density at radius 3 is 2.95 bits per heavy atom. The molecular formula is C12H18BrN5O. The second-order valence-electron chi connectivity index (χ2n) is 4.48. The van der Waals surface area contributed by atoms with Crippen molar-refractivity contribution in [2.45, 2.75) is 13.3 Å². The highest BCUT2D eigenvalue weighted by Gasteiger charge is 2.22. The van der Waals surface area contributed by atoms with E-state index in [4.69, 9.17) is 0 Å². The van der Waals surface area contributed by atoms with E-state index in [1.807, 2.05) is 18.9 Å². The fourth-order valence-electron chi connectivity index (χ4n) is 2.04. The molecule has 104 valence electrons. The number of carbonyl (C=O) groups is 1. The van der Waals surface area contributed by atoms with E-state index >= 15 is 0 Å². The number of likely N-dealkylation sites (N-methyl/N-ethyl adjacent to an activating group) is 1. The van der Waals surface area contributed by atoms with Gasteiger partial charge in [0.05, 0.1) is 6.54 Å². The van der Waals surface area contributed by atoms with Gasteiger partial charge in [-0.2, -0.15) is 0 Å². The minimum Gasteiger partial charge on any atom is -0.369 e. The molecule has 1 amide bonds. The van der Waals surface area contributed by atoms with Crippen LogP contribution in [0.3, 0.4) is 0 Å². The number of hydrogen-bond acceptors (Lipinski definition) is 5. The SMILES string of the molecule is CCNc1ncnc(N2CCCN(C)C(=O)C2)c1Br. The number of halogens is 1. The van der Waals surface area contributed by atoms with Gasteiger partial charge in [0.15, 0.2) is 0 Å². The fraction of sp³-hybridized carbons (Fsp3) is 0.583. The average Bonchev–Trinajstić information content (AvgIpc) is 2.55. The Morgan fingerprint density at radius 2 is 2.21 bits per heavy atom. The summed E-state index contributed by atoms with van der Waals surface area (Å²) in [6.45, 7) is 4.77. The third kappa shape index (κ3) is 3.15. The lowest BCUT2D eigenvalue weighted by atomic mass is 10.3. The molecule has 0 atom stereocenters. The Kier molecular flexibility index (Phi) is 4.57.